The molecule has 3 rings (SSSR count). The minimum absolute atomic E-state index is 0.0874. The fraction of sp³-hybridized carbons (Fsp3) is 0.286. The molecule has 0 bridgehead atoms. The highest BCUT2D eigenvalue weighted by molar-refractivity contribution is 6.30. The largest absolute Gasteiger partial charge is 0.493 e. The second-order valence-electron chi connectivity index (χ2n) is 4.82. The summed E-state index contributed by atoms with van der Waals surface area (Å²) in [5.74, 6) is 1.07. The highest BCUT2D eigenvalue weighted by atomic mass is 35.5. The monoisotopic (exact) mass is 291 g/mol. The molecule has 0 amide bonds. The van der Waals surface area contributed by atoms with E-state index in [1.807, 2.05) is 6.07 Å². The summed E-state index contributed by atoms with van der Waals surface area (Å²) >= 11 is 6.09. The van der Waals surface area contributed by atoms with Crippen LogP contribution in [0.4, 0.5) is 5.82 Å². The Morgan fingerprint density at radius 1 is 1.55 bits per heavy atom. The third kappa shape index (κ3) is 2.14. The maximum absolute atomic E-state index is 12.3. The number of carbonyl (C=O) groups excluding carboxylic acids is 1. The summed E-state index contributed by atoms with van der Waals surface area (Å²) in [6.45, 7) is 0.631. The predicted octanol–water partition coefficient (Wildman–Crippen LogP) is 2.02. The van der Waals surface area contributed by atoms with Gasteiger partial charge in [-0.1, -0.05) is 11.6 Å². The molecule has 0 atom stereocenters. The van der Waals surface area contributed by atoms with Crippen LogP contribution in [0.5, 0.6) is 5.75 Å². The Morgan fingerprint density at radius 2 is 2.35 bits per heavy atom. The Bertz CT molecular complexity index is 694. The molecular formula is C14H14ClN3O2. The summed E-state index contributed by atoms with van der Waals surface area (Å²) < 4.78 is 7.07. The number of ketones is 1. The van der Waals surface area contributed by atoms with Gasteiger partial charge in [-0.3, -0.25) is 9.48 Å². The van der Waals surface area contributed by atoms with Crippen LogP contribution in [0.2, 0.25) is 5.02 Å². The van der Waals surface area contributed by atoms with Crippen molar-refractivity contribution in [2.45, 2.75) is 12.8 Å². The number of nitrogens with zero attached hydrogens (tertiary/aromatic N) is 2. The summed E-state index contributed by atoms with van der Waals surface area (Å²) in [6, 6.07) is 3.66. The van der Waals surface area contributed by atoms with Crippen molar-refractivity contribution in [1.82, 2.24) is 9.78 Å². The minimum Gasteiger partial charge on any atom is -0.493 e. The zero-order chi connectivity index (χ0) is 14.3. The number of ether oxygens (including phenoxy) is 1. The zero-order valence-corrected chi connectivity index (χ0v) is 11.8. The second-order valence-corrected chi connectivity index (χ2v) is 5.26. The molecule has 6 heteroatoms. The number of nitrogens with two attached hydrogens (primary N) is 1. The summed E-state index contributed by atoms with van der Waals surface area (Å²) in [7, 11) is 1.70. The standard InChI is InChI=1S/C14H14ClN3O2/c1-18-14(16)11(7-17-18)12(19)6-9-5-10(15)4-8-2-3-20-13(8)9/h4-5,7H,2-3,6,16H2,1H3. The van der Waals surface area contributed by atoms with Crippen molar-refractivity contribution in [3.8, 4) is 5.75 Å². The number of benzene rings is 1. The second kappa shape index (κ2) is 4.83. The molecule has 0 unspecified atom stereocenters. The van der Waals surface area contributed by atoms with Gasteiger partial charge in [0, 0.05) is 30.5 Å². The van der Waals surface area contributed by atoms with E-state index in [1.165, 1.54) is 10.9 Å². The molecule has 0 saturated heterocycles. The van der Waals surface area contributed by atoms with Gasteiger partial charge in [-0.15, -0.1) is 0 Å². The molecule has 20 heavy (non-hydrogen) atoms. The average Bonchev–Trinajstić information content (AvgIpc) is 2.97. The number of nitrogen functional groups attached to an aromatic ring is 1. The first kappa shape index (κ1) is 13.0. The van der Waals surface area contributed by atoms with Crippen LogP contribution in [0.25, 0.3) is 0 Å². The lowest BCUT2D eigenvalue weighted by atomic mass is 10.0. The molecule has 2 N–H and O–H groups in total. The van der Waals surface area contributed by atoms with Gasteiger partial charge in [0.1, 0.15) is 11.6 Å². The van der Waals surface area contributed by atoms with E-state index in [2.05, 4.69) is 5.10 Å². The van der Waals surface area contributed by atoms with Crippen LogP contribution in [-0.4, -0.2) is 22.2 Å². The number of rotatable bonds is 3. The van der Waals surface area contributed by atoms with Crippen molar-refractivity contribution in [1.29, 1.82) is 0 Å². The highest BCUT2D eigenvalue weighted by Gasteiger charge is 2.21. The van der Waals surface area contributed by atoms with Crippen LogP contribution in [0.3, 0.4) is 0 Å². The maximum Gasteiger partial charge on any atom is 0.172 e. The Labute approximate surface area is 121 Å². The Hall–Kier alpha value is -2.01. The van der Waals surface area contributed by atoms with E-state index in [0.717, 1.165) is 23.3 Å². The fourth-order valence-corrected chi connectivity index (χ4v) is 2.67. The Balaban J connectivity index is 1.92. The molecule has 1 aromatic heterocycles. The fourth-order valence-electron chi connectivity index (χ4n) is 2.41. The van der Waals surface area contributed by atoms with Gasteiger partial charge >= 0.3 is 0 Å². The van der Waals surface area contributed by atoms with Crippen LogP contribution in [0.1, 0.15) is 21.5 Å². The lowest BCUT2D eigenvalue weighted by molar-refractivity contribution is 0.0993. The molecule has 1 aliphatic rings. The third-order valence-electron chi connectivity index (χ3n) is 3.46. The normalized spacial score (nSPS) is 13.1. The number of fused-ring (bicyclic) bond motifs is 1. The lowest BCUT2D eigenvalue weighted by Crippen LogP contribution is -2.08. The van der Waals surface area contributed by atoms with Crippen LogP contribution in [-0.2, 0) is 19.9 Å². The van der Waals surface area contributed by atoms with E-state index in [9.17, 15) is 4.79 Å². The van der Waals surface area contributed by atoms with Crippen LogP contribution in [0, 0.1) is 0 Å². The summed E-state index contributed by atoms with van der Waals surface area (Å²) in [5, 5.41) is 4.60. The maximum atomic E-state index is 12.3. The van der Waals surface area contributed by atoms with Crippen molar-refractivity contribution in [3.63, 3.8) is 0 Å². The topological polar surface area (TPSA) is 70.1 Å². The number of aromatic nitrogens is 2. The van der Waals surface area contributed by atoms with E-state index in [1.54, 1.807) is 13.1 Å². The van der Waals surface area contributed by atoms with Crippen molar-refractivity contribution >= 4 is 23.2 Å². The summed E-state index contributed by atoms with van der Waals surface area (Å²) in [6.07, 6.45) is 2.52. The van der Waals surface area contributed by atoms with Gasteiger partial charge in [-0.2, -0.15) is 5.10 Å². The first-order valence-electron chi connectivity index (χ1n) is 6.31. The van der Waals surface area contributed by atoms with Crippen molar-refractivity contribution in [3.05, 3.63) is 40.0 Å². The molecule has 2 heterocycles. The van der Waals surface area contributed by atoms with E-state index in [4.69, 9.17) is 22.1 Å². The molecule has 104 valence electrons. The van der Waals surface area contributed by atoms with Crippen LogP contribution >= 0.6 is 11.6 Å². The van der Waals surface area contributed by atoms with E-state index < -0.39 is 0 Å². The number of carbonyl (C=O) groups is 1. The molecule has 1 aromatic carbocycles. The number of aryl methyl sites for hydroxylation is 1. The predicted molar refractivity (Wildman–Crippen MR) is 76.3 cm³/mol. The molecule has 0 radical (unpaired) electrons. The zero-order valence-electron chi connectivity index (χ0n) is 11.0. The molecule has 0 fully saturated rings. The van der Waals surface area contributed by atoms with Gasteiger partial charge in [0.15, 0.2) is 5.78 Å². The quantitative estimate of drug-likeness (QED) is 0.878. The molecule has 0 spiro atoms. The number of hydrogen-bond acceptors (Lipinski definition) is 4. The van der Waals surface area contributed by atoms with E-state index >= 15 is 0 Å². The van der Waals surface area contributed by atoms with Gasteiger partial charge in [0.05, 0.1) is 18.4 Å². The van der Waals surface area contributed by atoms with Crippen molar-refractivity contribution in [2.75, 3.05) is 12.3 Å². The van der Waals surface area contributed by atoms with E-state index in [0.29, 0.717) is 23.0 Å². The molecular weight excluding hydrogens is 278 g/mol. The number of anilines is 1. The van der Waals surface area contributed by atoms with Crippen LogP contribution < -0.4 is 10.5 Å². The Morgan fingerprint density at radius 3 is 3.05 bits per heavy atom. The SMILES string of the molecule is Cn1ncc(C(=O)Cc2cc(Cl)cc3c2OCC3)c1N. The van der Waals surface area contributed by atoms with E-state index in [-0.39, 0.29) is 12.2 Å². The highest BCUT2D eigenvalue weighted by Crippen LogP contribution is 2.33. The van der Waals surface area contributed by atoms with Gasteiger partial charge in [-0.05, 0) is 17.7 Å². The number of hydrogen-bond donors (Lipinski definition) is 1. The lowest BCUT2D eigenvalue weighted by Gasteiger charge is -2.08. The summed E-state index contributed by atoms with van der Waals surface area (Å²) in [4.78, 5) is 12.3. The number of halogens is 1. The molecule has 2 aromatic rings. The molecule has 1 aliphatic heterocycles. The minimum atomic E-state index is -0.0874. The average molecular weight is 292 g/mol. The first-order valence-corrected chi connectivity index (χ1v) is 6.69. The van der Waals surface area contributed by atoms with Gasteiger partial charge in [-0.25, -0.2) is 0 Å². The Kier molecular flexibility index (Phi) is 3.14. The van der Waals surface area contributed by atoms with Crippen LogP contribution in [0.15, 0.2) is 18.3 Å². The van der Waals surface area contributed by atoms with Gasteiger partial charge in [0.2, 0.25) is 0 Å². The van der Waals surface area contributed by atoms with Gasteiger partial charge in [0.25, 0.3) is 0 Å². The van der Waals surface area contributed by atoms with Crippen molar-refractivity contribution < 1.29 is 9.53 Å². The molecule has 5 nitrogen and oxygen atoms in total. The molecule has 0 saturated carbocycles. The smallest absolute Gasteiger partial charge is 0.172 e. The van der Waals surface area contributed by atoms with Crippen molar-refractivity contribution in [2.24, 2.45) is 7.05 Å². The molecule has 0 aliphatic carbocycles. The van der Waals surface area contributed by atoms with Gasteiger partial charge < -0.3 is 10.5 Å². The number of Topliss-reactive ketones (excluding diaryl/α,β-unsaturated/α-hetero) is 1. The summed E-state index contributed by atoms with van der Waals surface area (Å²) in [5.41, 5.74) is 8.11. The third-order valence-corrected chi connectivity index (χ3v) is 3.68. The first-order chi connectivity index (χ1) is 9.56.